The molecule has 0 bridgehead atoms. The van der Waals surface area contributed by atoms with Gasteiger partial charge in [-0.2, -0.15) is 0 Å². The molecule has 400 valence electrons. The Morgan fingerprint density at radius 1 is 0.304 bits per heavy atom. The van der Waals surface area contributed by atoms with E-state index in [2.05, 4.69) is 81.5 Å². The number of ether oxygens (including phenoxy) is 3. The minimum Gasteiger partial charge on any atom is -0.462 e. The van der Waals surface area contributed by atoms with E-state index < -0.39 is 6.10 Å². The maximum absolute atomic E-state index is 12.9. The summed E-state index contributed by atoms with van der Waals surface area (Å²) in [5, 5.41) is 0. The molecule has 6 heteroatoms. The third-order valence-corrected chi connectivity index (χ3v) is 13.0. The van der Waals surface area contributed by atoms with Crippen molar-refractivity contribution in [2.45, 2.75) is 309 Å². The van der Waals surface area contributed by atoms with Gasteiger partial charge < -0.3 is 14.2 Å². The van der Waals surface area contributed by atoms with Gasteiger partial charge >= 0.3 is 17.9 Å². The van der Waals surface area contributed by atoms with E-state index in [0.717, 1.165) is 70.6 Å². The summed E-state index contributed by atoms with van der Waals surface area (Å²) >= 11 is 0. The van der Waals surface area contributed by atoms with Crippen LogP contribution in [0.5, 0.6) is 0 Å². The van der Waals surface area contributed by atoms with Gasteiger partial charge in [-0.25, -0.2) is 0 Å². The summed E-state index contributed by atoms with van der Waals surface area (Å²) in [7, 11) is 0. The highest BCUT2D eigenvalue weighted by atomic mass is 16.6. The van der Waals surface area contributed by atoms with Crippen molar-refractivity contribution in [3.05, 3.63) is 60.8 Å². The summed E-state index contributed by atoms with van der Waals surface area (Å²) in [5.41, 5.74) is 0. The van der Waals surface area contributed by atoms with Crippen molar-refractivity contribution in [3.8, 4) is 0 Å². The van der Waals surface area contributed by atoms with E-state index in [0.29, 0.717) is 19.3 Å². The van der Waals surface area contributed by atoms with Crippen molar-refractivity contribution in [2.75, 3.05) is 13.2 Å². The van der Waals surface area contributed by atoms with Crippen molar-refractivity contribution in [1.82, 2.24) is 0 Å². The first-order valence-electron chi connectivity index (χ1n) is 29.8. The number of rotatable bonds is 54. The van der Waals surface area contributed by atoms with Gasteiger partial charge in [0.2, 0.25) is 0 Å². The first-order chi connectivity index (χ1) is 34.0. The molecule has 0 saturated carbocycles. The Morgan fingerprint density at radius 2 is 0.565 bits per heavy atom. The molecule has 0 aromatic carbocycles. The maximum atomic E-state index is 12.9. The summed E-state index contributed by atoms with van der Waals surface area (Å²) in [6, 6.07) is 0. The molecule has 0 fully saturated rings. The van der Waals surface area contributed by atoms with Crippen LogP contribution in [0.4, 0.5) is 0 Å². The van der Waals surface area contributed by atoms with E-state index in [1.807, 2.05) is 0 Å². The first-order valence-corrected chi connectivity index (χ1v) is 29.8. The van der Waals surface area contributed by atoms with Gasteiger partial charge in [0.1, 0.15) is 13.2 Å². The molecule has 0 aliphatic rings. The van der Waals surface area contributed by atoms with Crippen LogP contribution >= 0.6 is 0 Å². The Labute approximate surface area is 428 Å². The van der Waals surface area contributed by atoms with Gasteiger partial charge in [0.05, 0.1) is 0 Å². The Kier molecular flexibility index (Phi) is 55.3. The third kappa shape index (κ3) is 55.9. The van der Waals surface area contributed by atoms with Crippen LogP contribution in [-0.2, 0) is 28.6 Å². The molecule has 0 rings (SSSR count). The Bertz CT molecular complexity index is 1250. The quantitative estimate of drug-likeness (QED) is 0.0199. The summed E-state index contributed by atoms with van der Waals surface area (Å²) in [4.78, 5) is 38.2. The number of unbranched alkanes of at least 4 members (excludes halogenated alkanes) is 34. The molecule has 69 heavy (non-hydrogen) atoms. The lowest BCUT2D eigenvalue weighted by atomic mass is 10.1. The molecule has 0 saturated heterocycles. The van der Waals surface area contributed by atoms with E-state index >= 15 is 0 Å². The van der Waals surface area contributed by atoms with Gasteiger partial charge in [0, 0.05) is 19.3 Å². The van der Waals surface area contributed by atoms with E-state index in [9.17, 15) is 14.4 Å². The van der Waals surface area contributed by atoms with Gasteiger partial charge in [0.15, 0.2) is 6.10 Å². The summed E-state index contributed by atoms with van der Waals surface area (Å²) in [6.45, 7) is 6.59. The van der Waals surface area contributed by atoms with E-state index in [1.54, 1.807) is 0 Å². The van der Waals surface area contributed by atoms with Gasteiger partial charge in [-0.05, 0) is 103 Å². The van der Waals surface area contributed by atoms with E-state index in [1.165, 1.54) is 193 Å². The van der Waals surface area contributed by atoms with E-state index in [4.69, 9.17) is 14.2 Å². The number of carbonyl (C=O) groups is 3. The molecule has 0 aromatic rings. The lowest BCUT2D eigenvalue weighted by Crippen LogP contribution is -2.30. The summed E-state index contributed by atoms with van der Waals surface area (Å²) in [6.07, 6.45) is 72.0. The molecule has 6 nitrogen and oxygen atoms in total. The van der Waals surface area contributed by atoms with Gasteiger partial charge in [-0.3, -0.25) is 14.4 Å². The predicted octanol–water partition coefficient (Wildman–Crippen LogP) is 20.0. The zero-order chi connectivity index (χ0) is 50.0. The second-order valence-electron chi connectivity index (χ2n) is 19.9. The number of carbonyl (C=O) groups excluding carboxylic acids is 3. The minimum atomic E-state index is -0.782. The minimum absolute atomic E-state index is 0.0794. The molecule has 0 radical (unpaired) electrons. The third-order valence-electron chi connectivity index (χ3n) is 13.0. The van der Waals surface area contributed by atoms with Crippen molar-refractivity contribution in [2.24, 2.45) is 0 Å². The predicted molar refractivity (Wildman–Crippen MR) is 298 cm³/mol. The molecule has 0 aliphatic carbocycles. The Hall–Kier alpha value is -2.89. The molecule has 0 aliphatic heterocycles. The highest BCUT2D eigenvalue weighted by Crippen LogP contribution is 2.16. The van der Waals surface area contributed by atoms with Gasteiger partial charge in [0.25, 0.3) is 0 Å². The molecule has 0 aromatic heterocycles. The van der Waals surface area contributed by atoms with Crippen LogP contribution in [0, 0.1) is 0 Å². The average Bonchev–Trinajstić information content (AvgIpc) is 3.35. The molecule has 0 spiro atoms. The number of allylic oxidation sites excluding steroid dienone is 10. The molecule has 0 N–H and O–H groups in total. The number of esters is 3. The largest absolute Gasteiger partial charge is 0.462 e. The molecule has 0 heterocycles. The normalized spacial score (nSPS) is 12.4. The van der Waals surface area contributed by atoms with Crippen molar-refractivity contribution in [3.63, 3.8) is 0 Å². The first kappa shape index (κ1) is 66.1. The average molecular weight is 966 g/mol. The van der Waals surface area contributed by atoms with Crippen LogP contribution in [0.1, 0.15) is 303 Å². The Balaban J connectivity index is 4.38. The van der Waals surface area contributed by atoms with E-state index in [-0.39, 0.29) is 31.1 Å². The zero-order valence-corrected chi connectivity index (χ0v) is 45.8. The second-order valence-corrected chi connectivity index (χ2v) is 19.9. The van der Waals surface area contributed by atoms with Crippen LogP contribution in [0.3, 0.4) is 0 Å². The lowest BCUT2D eigenvalue weighted by molar-refractivity contribution is -0.167. The van der Waals surface area contributed by atoms with Crippen LogP contribution in [0.15, 0.2) is 60.8 Å². The number of hydrogen-bond donors (Lipinski definition) is 0. The fraction of sp³-hybridized carbons (Fsp3) is 0.794. The molecule has 1 unspecified atom stereocenters. The van der Waals surface area contributed by atoms with Crippen LogP contribution < -0.4 is 0 Å². The van der Waals surface area contributed by atoms with Gasteiger partial charge in [-0.15, -0.1) is 0 Å². The zero-order valence-electron chi connectivity index (χ0n) is 45.8. The SMILES string of the molecule is CCCCC/C=C\C=C/CCCCCCCCCCCCC(=O)OCC(COC(=O)CCCCCCCCC/C=C\CCCCCC)OC(=O)CCCCCCCCC/C=C\C/C=C\CCCCC. The lowest BCUT2D eigenvalue weighted by Gasteiger charge is -2.18. The van der Waals surface area contributed by atoms with Crippen molar-refractivity contribution in [1.29, 1.82) is 0 Å². The Morgan fingerprint density at radius 3 is 0.928 bits per heavy atom. The topological polar surface area (TPSA) is 78.9 Å². The maximum Gasteiger partial charge on any atom is 0.306 e. The fourth-order valence-electron chi connectivity index (χ4n) is 8.46. The van der Waals surface area contributed by atoms with Crippen LogP contribution in [0.25, 0.3) is 0 Å². The summed E-state index contributed by atoms with van der Waals surface area (Å²) in [5.74, 6) is -0.882. The summed E-state index contributed by atoms with van der Waals surface area (Å²) < 4.78 is 16.9. The highest BCUT2D eigenvalue weighted by molar-refractivity contribution is 5.71. The molecule has 1 atom stereocenters. The second kappa shape index (κ2) is 57.7. The number of hydrogen-bond acceptors (Lipinski definition) is 6. The molecular weight excluding hydrogens is 853 g/mol. The highest BCUT2D eigenvalue weighted by Gasteiger charge is 2.19. The van der Waals surface area contributed by atoms with Crippen molar-refractivity contribution < 1.29 is 28.6 Å². The molecular formula is C63H112O6. The standard InChI is InChI=1S/C63H112O6/c1-4-7-10-13-16-19-22-25-28-30-31-33-35-38-41-44-47-50-53-56-62(65)68-59-60(58-67-61(64)55-52-49-46-43-40-37-34-27-24-21-18-15-12-9-6-3)69-63(66)57-54-51-48-45-42-39-36-32-29-26-23-20-17-14-11-8-5-2/h16-17,19-22,24-26,29,60H,4-15,18,23,27-28,30-59H2,1-3H3/b19-16-,20-17-,24-21-,25-22-,29-26-. The molecule has 0 amide bonds. The van der Waals surface area contributed by atoms with Crippen molar-refractivity contribution >= 4 is 17.9 Å². The smallest absolute Gasteiger partial charge is 0.306 e. The van der Waals surface area contributed by atoms with Crippen LogP contribution in [-0.4, -0.2) is 37.2 Å². The van der Waals surface area contributed by atoms with Gasteiger partial charge in [-0.1, -0.05) is 242 Å². The van der Waals surface area contributed by atoms with Crippen LogP contribution in [0.2, 0.25) is 0 Å². The fourth-order valence-corrected chi connectivity index (χ4v) is 8.46. The monoisotopic (exact) mass is 965 g/mol.